The van der Waals surface area contributed by atoms with Gasteiger partial charge < -0.3 is 29.6 Å². The summed E-state index contributed by atoms with van der Waals surface area (Å²) in [5.41, 5.74) is 1.82. The van der Waals surface area contributed by atoms with Crippen molar-refractivity contribution in [2.24, 2.45) is 0 Å². The van der Waals surface area contributed by atoms with E-state index in [2.05, 4.69) is 24.8 Å². The fourth-order valence-electron chi connectivity index (χ4n) is 3.66. The van der Waals surface area contributed by atoms with E-state index in [1.54, 1.807) is 6.33 Å². The SMILES string of the molecule is CC(C)(O)O.CNc1ccc2ccc(OCC3CCC(n4ccc5cncnc54)O3)cc2n1. The van der Waals surface area contributed by atoms with Crippen LogP contribution in [0.5, 0.6) is 5.75 Å². The zero-order valence-electron chi connectivity index (χ0n) is 19.0. The number of fused-ring (bicyclic) bond motifs is 2. The largest absolute Gasteiger partial charge is 0.491 e. The van der Waals surface area contributed by atoms with Crippen molar-refractivity contribution in [3.63, 3.8) is 0 Å². The highest BCUT2D eigenvalue weighted by Gasteiger charge is 2.28. The van der Waals surface area contributed by atoms with Crippen LogP contribution in [-0.4, -0.2) is 55.3 Å². The number of anilines is 1. The Morgan fingerprint density at radius 1 is 1.15 bits per heavy atom. The van der Waals surface area contributed by atoms with Gasteiger partial charge in [-0.2, -0.15) is 0 Å². The molecule has 9 nitrogen and oxygen atoms in total. The van der Waals surface area contributed by atoms with Crippen molar-refractivity contribution in [2.75, 3.05) is 19.0 Å². The van der Waals surface area contributed by atoms with Gasteiger partial charge in [0.15, 0.2) is 5.79 Å². The van der Waals surface area contributed by atoms with Crippen molar-refractivity contribution < 1.29 is 19.7 Å². The van der Waals surface area contributed by atoms with Crippen LogP contribution in [0.15, 0.2) is 55.1 Å². The minimum absolute atomic E-state index is 0.0162. The molecule has 0 spiro atoms. The molecule has 1 fully saturated rings. The number of benzene rings is 1. The lowest BCUT2D eigenvalue weighted by Gasteiger charge is -2.16. The van der Waals surface area contributed by atoms with Crippen LogP contribution in [0.4, 0.5) is 5.82 Å². The van der Waals surface area contributed by atoms with E-state index in [1.807, 2.05) is 55.8 Å². The molecule has 174 valence electrons. The molecule has 3 aromatic heterocycles. The molecule has 0 radical (unpaired) electrons. The second-order valence-corrected chi connectivity index (χ2v) is 8.42. The van der Waals surface area contributed by atoms with Crippen molar-refractivity contribution in [3.05, 3.63) is 55.1 Å². The summed E-state index contributed by atoms with van der Waals surface area (Å²) in [6.07, 6.45) is 7.33. The number of hydrogen-bond donors (Lipinski definition) is 3. The third-order valence-corrected chi connectivity index (χ3v) is 5.13. The molecule has 2 atom stereocenters. The zero-order valence-corrected chi connectivity index (χ0v) is 19.0. The average Bonchev–Trinajstić information content (AvgIpc) is 3.42. The summed E-state index contributed by atoms with van der Waals surface area (Å²) in [5.74, 6) is 0.147. The van der Waals surface area contributed by atoms with E-state index in [9.17, 15) is 0 Å². The summed E-state index contributed by atoms with van der Waals surface area (Å²) in [6, 6.07) is 12.0. The Balaban J connectivity index is 0.000000471. The first-order valence-electron chi connectivity index (χ1n) is 10.9. The van der Waals surface area contributed by atoms with Crippen LogP contribution in [-0.2, 0) is 4.74 Å². The molecule has 4 heterocycles. The van der Waals surface area contributed by atoms with Gasteiger partial charge in [0.25, 0.3) is 0 Å². The van der Waals surface area contributed by atoms with Gasteiger partial charge in [0.1, 0.15) is 36.4 Å². The third kappa shape index (κ3) is 5.95. The van der Waals surface area contributed by atoms with Gasteiger partial charge in [-0.25, -0.2) is 15.0 Å². The van der Waals surface area contributed by atoms with Gasteiger partial charge in [-0.1, -0.05) is 0 Å². The molecule has 5 rings (SSSR count). The second-order valence-electron chi connectivity index (χ2n) is 8.42. The van der Waals surface area contributed by atoms with E-state index < -0.39 is 5.79 Å². The minimum Gasteiger partial charge on any atom is -0.491 e. The quantitative estimate of drug-likeness (QED) is 0.395. The van der Waals surface area contributed by atoms with Crippen LogP contribution >= 0.6 is 0 Å². The predicted octanol–water partition coefficient (Wildman–Crippen LogP) is 3.48. The second kappa shape index (κ2) is 9.70. The smallest absolute Gasteiger partial charge is 0.156 e. The van der Waals surface area contributed by atoms with Crippen molar-refractivity contribution in [1.29, 1.82) is 0 Å². The Kier molecular flexibility index (Phi) is 6.73. The lowest BCUT2D eigenvalue weighted by molar-refractivity contribution is -0.127. The van der Waals surface area contributed by atoms with Crippen molar-refractivity contribution in [1.82, 2.24) is 19.5 Å². The summed E-state index contributed by atoms with van der Waals surface area (Å²) >= 11 is 0. The average molecular weight is 452 g/mol. The van der Waals surface area contributed by atoms with Gasteiger partial charge in [-0.05, 0) is 57.0 Å². The van der Waals surface area contributed by atoms with Gasteiger partial charge in [-0.3, -0.25) is 0 Å². The fourth-order valence-corrected chi connectivity index (χ4v) is 3.66. The van der Waals surface area contributed by atoms with Crippen LogP contribution < -0.4 is 10.1 Å². The summed E-state index contributed by atoms with van der Waals surface area (Å²) in [7, 11) is 1.86. The van der Waals surface area contributed by atoms with E-state index in [0.29, 0.717) is 6.61 Å². The predicted molar refractivity (Wildman–Crippen MR) is 126 cm³/mol. The first-order chi connectivity index (χ1) is 15.8. The molecule has 0 amide bonds. The molecule has 1 aliphatic heterocycles. The summed E-state index contributed by atoms with van der Waals surface area (Å²) in [4.78, 5) is 13.0. The summed E-state index contributed by atoms with van der Waals surface area (Å²) in [6.45, 7) is 3.11. The normalized spacial score (nSPS) is 18.2. The maximum atomic E-state index is 8.08. The fraction of sp³-hybridized carbons (Fsp3) is 0.375. The first kappa shape index (κ1) is 22.9. The van der Waals surface area contributed by atoms with Gasteiger partial charge >= 0.3 is 0 Å². The topological polar surface area (TPSA) is 115 Å². The van der Waals surface area contributed by atoms with Crippen LogP contribution in [0.3, 0.4) is 0 Å². The number of aliphatic hydroxyl groups is 2. The van der Waals surface area contributed by atoms with E-state index in [4.69, 9.17) is 19.7 Å². The Bertz CT molecular complexity index is 1210. The zero-order chi connectivity index (χ0) is 23.4. The molecule has 1 saturated heterocycles. The molecular weight excluding hydrogens is 422 g/mol. The van der Waals surface area contributed by atoms with E-state index in [1.165, 1.54) is 13.8 Å². The highest BCUT2D eigenvalue weighted by atomic mass is 16.6. The van der Waals surface area contributed by atoms with Crippen LogP contribution in [0, 0.1) is 0 Å². The Hall–Kier alpha value is -3.27. The minimum atomic E-state index is -1.50. The van der Waals surface area contributed by atoms with Crippen LogP contribution in [0.1, 0.15) is 32.9 Å². The van der Waals surface area contributed by atoms with Gasteiger partial charge in [0.05, 0.1) is 11.6 Å². The van der Waals surface area contributed by atoms with Crippen molar-refractivity contribution >= 4 is 27.8 Å². The molecule has 3 N–H and O–H groups in total. The standard InChI is InChI=1S/C21H21N5O2.C3H8O2/c1-22-19-6-3-14-2-4-16(10-18(14)25-19)27-12-17-5-7-20(28-17)26-9-8-15-11-23-13-24-21(15)26;1-3(2,4)5/h2-4,6,8-11,13,17,20H,5,7,12H2,1H3,(H,22,25);4-5H,1-2H3. The molecule has 2 unspecified atom stereocenters. The molecule has 0 saturated carbocycles. The van der Waals surface area contributed by atoms with Gasteiger partial charge in [0.2, 0.25) is 0 Å². The molecular formula is C24H29N5O4. The first-order valence-corrected chi connectivity index (χ1v) is 10.9. The number of nitrogens with zero attached hydrogens (tertiary/aromatic N) is 4. The van der Waals surface area contributed by atoms with Crippen LogP contribution in [0.25, 0.3) is 21.9 Å². The number of pyridine rings is 1. The molecule has 0 aliphatic carbocycles. The third-order valence-electron chi connectivity index (χ3n) is 5.13. The van der Waals surface area contributed by atoms with Crippen LogP contribution in [0.2, 0.25) is 0 Å². The molecule has 4 aromatic rings. The van der Waals surface area contributed by atoms with E-state index >= 15 is 0 Å². The summed E-state index contributed by atoms with van der Waals surface area (Å²) in [5, 5.41) is 21.3. The number of hydrogen-bond acceptors (Lipinski definition) is 8. The van der Waals surface area contributed by atoms with Crippen molar-refractivity contribution in [2.45, 2.75) is 44.8 Å². The lowest BCUT2D eigenvalue weighted by atomic mass is 10.2. The number of ether oxygens (including phenoxy) is 2. The number of aromatic nitrogens is 4. The van der Waals surface area contributed by atoms with E-state index in [0.717, 1.165) is 46.3 Å². The molecule has 33 heavy (non-hydrogen) atoms. The lowest BCUT2D eigenvalue weighted by Crippen LogP contribution is -2.18. The number of rotatable bonds is 5. The highest BCUT2D eigenvalue weighted by molar-refractivity contribution is 5.81. The number of nitrogens with one attached hydrogen (secondary N) is 1. The summed E-state index contributed by atoms with van der Waals surface area (Å²) < 4.78 is 14.3. The molecule has 1 aromatic carbocycles. The Morgan fingerprint density at radius 3 is 2.73 bits per heavy atom. The Labute approximate surface area is 192 Å². The molecule has 9 heteroatoms. The van der Waals surface area contributed by atoms with Gasteiger partial charge in [-0.15, -0.1) is 0 Å². The maximum absolute atomic E-state index is 8.08. The molecule has 1 aliphatic rings. The molecule has 0 bridgehead atoms. The Morgan fingerprint density at radius 2 is 1.94 bits per heavy atom. The van der Waals surface area contributed by atoms with Gasteiger partial charge in [0, 0.05) is 36.3 Å². The monoisotopic (exact) mass is 451 g/mol. The van der Waals surface area contributed by atoms with E-state index in [-0.39, 0.29) is 12.3 Å². The maximum Gasteiger partial charge on any atom is 0.156 e. The highest BCUT2D eigenvalue weighted by Crippen LogP contribution is 2.31. The van der Waals surface area contributed by atoms with Crippen molar-refractivity contribution in [3.8, 4) is 5.75 Å².